The van der Waals surface area contributed by atoms with Crippen LogP contribution in [0.25, 0.3) is 0 Å². The molecule has 2 aromatic rings. The third-order valence-electron chi connectivity index (χ3n) is 2.85. The van der Waals surface area contributed by atoms with E-state index >= 15 is 0 Å². The quantitative estimate of drug-likeness (QED) is 0.793. The Kier molecular flexibility index (Phi) is 4.73. The van der Waals surface area contributed by atoms with Gasteiger partial charge in [0, 0.05) is 19.9 Å². The van der Waals surface area contributed by atoms with Gasteiger partial charge in [0.2, 0.25) is 5.91 Å². The van der Waals surface area contributed by atoms with Gasteiger partial charge in [0.05, 0.1) is 18.5 Å². The van der Waals surface area contributed by atoms with E-state index in [-0.39, 0.29) is 6.54 Å². The number of carbonyl (C=O) groups is 1. The largest absolute Gasteiger partial charge is 0.380 e. The fourth-order valence-electron chi connectivity index (χ4n) is 1.92. The Balaban J connectivity index is 1.98. The van der Waals surface area contributed by atoms with Gasteiger partial charge in [-0.1, -0.05) is 24.3 Å². The molecule has 0 atom stereocenters. The van der Waals surface area contributed by atoms with Crippen LogP contribution in [-0.2, 0) is 29.2 Å². The average molecular weight is 274 g/mol. The first-order valence-electron chi connectivity index (χ1n) is 6.29. The van der Waals surface area contributed by atoms with Gasteiger partial charge in [-0.25, -0.2) is 0 Å². The van der Waals surface area contributed by atoms with E-state index in [0.717, 1.165) is 16.8 Å². The fourth-order valence-corrected chi connectivity index (χ4v) is 1.92. The van der Waals surface area contributed by atoms with Crippen molar-refractivity contribution in [1.29, 1.82) is 0 Å². The van der Waals surface area contributed by atoms with Gasteiger partial charge in [-0.2, -0.15) is 5.10 Å². The molecule has 0 fully saturated rings. The molecule has 1 aromatic carbocycles. The zero-order chi connectivity index (χ0) is 14.4. The van der Waals surface area contributed by atoms with Gasteiger partial charge in [0.15, 0.2) is 0 Å². The van der Waals surface area contributed by atoms with E-state index < -0.39 is 5.91 Å². The molecule has 0 aliphatic heterocycles. The number of amides is 1. The molecule has 2 rings (SSSR count). The normalized spacial score (nSPS) is 10.4. The Morgan fingerprint density at radius 3 is 2.85 bits per heavy atom. The molecule has 0 saturated carbocycles. The molecule has 0 saturated heterocycles. The number of anilines is 1. The Morgan fingerprint density at radius 2 is 2.15 bits per heavy atom. The van der Waals surface area contributed by atoms with Crippen molar-refractivity contribution in [2.45, 2.75) is 19.7 Å². The summed E-state index contributed by atoms with van der Waals surface area (Å²) in [5, 5.41) is 7.32. The number of ether oxygens (including phenoxy) is 1. The Morgan fingerprint density at radius 1 is 1.40 bits per heavy atom. The van der Waals surface area contributed by atoms with Gasteiger partial charge in [0.1, 0.15) is 6.54 Å². The van der Waals surface area contributed by atoms with Crippen LogP contribution in [0, 0.1) is 0 Å². The van der Waals surface area contributed by atoms with E-state index in [1.54, 1.807) is 19.5 Å². The molecule has 6 nitrogen and oxygen atoms in total. The van der Waals surface area contributed by atoms with Crippen LogP contribution in [0.5, 0.6) is 0 Å². The van der Waals surface area contributed by atoms with E-state index in [1.165, 1.54) is 4.68 Å². The number of carbonyl (C=O) groups excluding carboxylic acids is 1. The SMILES string of the molecule is COCc1ccccc1CNc1cnn(CC(N)=O)c1. The molecule has 1 aromatic heterocycles. The van der Waals surface area contributed by atoms with Crippen LogP contribution >= 0.6 is 0 Å². The van der Waals surface area contributed by atoms with Crippen molar-refractivity contribution in [3.05, 3.63) is 47.8 Å². The number of methoxy groups -OCH3 is 1. The number of nitrogens with one attached hydrogen (secondary N) is 1. The maximum atomic E-state index is 10.8. The van der Waals surface area contributed by atoms with Crippen LogP contribution in [0.3, 0.4) is 0 Å². The van der Waals surface area contributed by atoms with Crippen LogP contribution in [-0.4, -0.2) is 22.8 Å². The highest BCUT2D eigenvalue weighted by Crippen LogP contribution is 2.13. The van der Waals surface area contributed by atoms with Crippen molar-refractivity contribution in [2.75, 3.05) is 12.4 Å². The van der Waals surface area contributed by atoms with Crippen molar-refractivity contribution in [3.63, 3.8) is 0 Å². The van der Waals surface area contributed by atoms with Crippen LogP contribution < -0.4 is 11.1 Å². The number of primary amides is 1. The lowest BCUT2D eigenvalue weighted by Gasteiger charge is -2.09. The molecule has 0 radical (unpaired) electrons. The van der Waals surface area contributed by atoms with E-state index in [9.17, 15) is 4.79 Å². The molecule has 0 aliphatic rings. The van der Waals surface area contributed by atoms with Gasteiger partial charge in [-0.05, 0) is 11.1 Å². The van der Waals surface area contributed by atoms with Gasteiger partial charge in [-0.15, -0.1) is 0 Å². The molecule has 106 valence electrons. The van der Waals surface area contributed by atoms with E-state index in [2.05, 4.69) is 16.5 Å². The standard InChI is InChI=1S/C14H18N4O2/c1-20-10-12-5-3-2-4-11(12)6-16-13-7-17-18(8-13)9-14(15)19/h2-5,7-8,16H,6,9-10H2,1H3,(H2,15,19). The predicted octanol–water partition coefficient (Wildman–Crippen LogP) is 1.13. The predicted molar refractivity (Wildman–Crippen MR) is 75.9 cm³/mol. The zero-order valence-electron chi connectivity index (χ0n) is 11.4. The minimum Gasteiger partial charge on any atom is -0.380 e. The first-order valence-corrected chi connectivity index (χ1v) is 6.29. The van der Waals surface area contributed by atoms with Crippen molar-refractivity contribution < 1.29 is 9.53 Å². The first kappa shape index (κ1) is 14.1. The maximum absolute atomic E-state index is 10.8. The second-order valence-corrected chi connectivity index (χ2v) is 4.45. The van der Waals surface area contributed by atoms with Crippen LogP contribution in [0.1, 0.15) is 11.1 Å². The van der Waals surface area contributed by atoms with E-state index in [0.29, 0.717) is 13.2 Å². The lowest BCUT2D eigenvalue weighted by Crippen LogP contribution is -2.18. The number of nitrogens with zero attached hydrogens (tertiary/aromatic N) is 2. The zero-order valence-corrected chi connectivity index (χ0v) is 11.4. The summed E-state index contributed by atoms with van der Waals surface area (Å²) < 4.78 is 6.68. The maximum Gasteiger partial charge on any atom is 0.239 e. The summed E-state index contributed by atoms with van der Waals surface area (Å²) in [5.74, 6) is -0.412. The minimum absolute atomic E-state index is 0.0853. The minimum atomic E-state index is -0.412. The summed E-state index contributed by atoms with van der Waals surface area (Å²) in [7, 11) is 1.68. The number of aromatic nitrogens is 2. The highest BCUT2D eigenvalue weighted by molar-refractivity contribution is 5.73. The monoisotopic (exact) mass is 274 g/mol. The second kappa shape index (κ2) is 6.72. The Labute approximate surface area is 117 Å². The second-order valence-electron chi connectivity index (χ2n) is 4.45. The average Bonchev–Trinajstić information content (AvgIpc) is 2.85. The summed E-state index contributed by atoms with van der Waals surface area (Å²) in [6, 6.07) is 8.07. The molecular weight excluding hydrogens is 256 g/mol. The molecule has 0 bridgehead atoms. The number of rotatable bonds is 7. The summed E-state index contributed by atoms with van der Waals surface area (Å²) in [5.41, 5.74) is 8.27. The van der Waals surface area contributed by atoms with E-state index in [1.807, 2.05) is 18.2 Å². The lowest BCUT2D eigenvalue weighted by atomic mass is 10.1. The molecule has 0 unspecified atom stereocenters. The van der Waals surface area contributed by atoms with Gasteiger partial charge >= 0.3 is 0 Å². The molecule has 1 heterocycles. The van der Waals surface area contributed by atoms with Crippen LogP contribution in [0.2, 0.25) is 0 Å². The Bertz CT molecular complexity index is 580. The number of nitrogens with two attached hydrogens (primary N) is 1. The fraction of sp³-hybridized carbons (Fsp3) is 0.286. The molecule has 6 heteroatoms. The van der Waals surface area contributed by atoms with Crippen LogP contribution in [0.15, 0.2) is 36.7 Å². The summed E-state index contributed by atoms with van der Waals surface area (Å²) >= 11 is 0. The highest BCUT2D eigenvalue weighted by Gasteiger charge is 2.04. The van der Waals surface area contributed by atoms with Crippen molar-refractivity contribution in [2.24, 2.45) is 5.73 Å². The molecule has 0 spiro atoms. The topological polar surface area (TPSA) is 82.2 Å². The third-order valence-corrected chi connectivity index (χ3v) is 2.85. The molecular formula is C14H18N4O2. The molecule has 0 aliphatic carbocycles. The van der Waals surface area contributed by atoms with E-state index in [4.69, 9.17) is 10.5 Å². The number of benzene rings is 1. The summed E-state index contributed by atoms with van der Waals surface area (Å²) in [6.07, 6.45) is 3.42. The van der Waals surface area contributed by atoms with Gasteiger partial charge < -0.3 is 15.8 Å². The van der Waals surface area contributed by atoms with Gasteiger partial charge in [0.25, 0.3) is 0 Å². The number of hydrogen-bond acceptors (Lipinski definition) is 4. The summed E-state index contributed by atoms with van der Waals surface area (Å²) in [6.45, 7) is 1.34. The van der Waals surface area contributed by atoms with Crippen molar-refractivity contribution >= 4 is 11.6 Å². The third kappa shape index (κ3) is 3.83. The molecule has 20 heavy (non-hydrogen) atoms. The van der Waals surface area contributed by atoms with Crippen molar-refractivity contribution in [1.82, 2.24) is 9.78 Å². The number of hydrogen-bond donors (Lipinski definition) is 2. The molecule has 1 amide bonds. The lowest BCUT2D eigenvalue weighted by molar-refractivity contribution is -0.118. The highest BCUT2D eigenvalue weighted by atomic mass is 16.5. The first-order chi connectivity index (χ1) is 9.69. The Hall–Kier alpha value is -2.34. The smallest absolute Gasteiger partial charge is 0.239 e. The molecule has 3 N–H and O–H groups in total. The van der Waals surface area contributed by atoms with Crippen LogP contribution in [0.4, 0.5) is 5.69 Å². The van der Waals surface area contributed by atoms with Gasteiger partial charge in [-0.3, -0.25) is 9.48 Å². The summed E-state index contributed by atoms with van der Waals surface area (Å²) in [4.78, 5) is 10.8. The van der Waals surface area contributed by atoms with Crippen molar-refractivity contribution in [3.8, 4) is 0 Å².